The molecule has 0 atom stereocenters. The molecular weight excluding hydrogens is 362 g/mol. The summed E-state index contributed by atoms with van der Waals surface area (Å²) < 4.78 is 5.26. The Morgan fingerprint density at radius 2 is 2.04 bits per heavy atom. The number of para-hydroxylation sites is 1. The van der Waals surface area contributed by atoms with Crippen molar-refractivity contribution in [2.75, 3.05) is 23.9 Å². The largest absolute Gasteiger partial charge is 0.495 e. The summed E-state index contributed by atoms with van der Waals surface area (Å²) >= 11 is 6.01. The lowest BCUT2D eigenvalue weighted by Gasteiger charge is -2.19. The SMILES string of the molecule is COc1ccc(Cl)cc1NC(=O)c1ccc(N2CCc3ccccc32)cn1. The normalized spacial score (nSPS) is 12.6. The van der Waals surface area contributed by atoms with Crippen LogP contribution in [0.2, 0.25) is 5.02 Å². The van der Waals surface area contributed by atoms with E-state index in [9.17, 15) is 4.79 Å². The number of hydrogen-bond acceptors (Lipinski definition) is 4. The van der Waals surface area contributed by atoms with Gasteiger partial charge in [0.1, 0.15) is 11.4 Å². The highest BCUT2D eigenvalue weighted by molar-refractivity contribution is 6.31. The van der Waals surface area contributed by atoms with E-state index >= 15 is 0 Å². The first-order chi connectivity index (χ1) is 13.2. The highest BCUT2D eigenvalue weighted by Crippen LogP contribution is 2.34. The highest BCUT2D eigenvalue weighted by atomic mass is 35.5. The molecule has 0 radical (unpaired) electrons. The second-order valence-corrected chi connectivity index (χ2v) is 6.67. The quantitative estimate of drug-likeness (QED) is 0.714. The summed E-state index contributed by atoms with van der Waals surface area (Å²) in [7, 11) is 1.54. The maximum absolute atomic E-state index is 12.5. The van der Waals surface area contributed by atoms with Crippen molar-refractivity contribution in [2.45, 2.75) is 6.42 Å². The van der Waals surface area contributed by atoms with E-state index in [2.05, 4.69) is 33.4 Å². The second-order valence-electron chi connectivity index (χ2n) is 6.23. The molecule has 2 aromatic carbocycles. The Morgan fingerprint density at radius 3 is 2.81 bits per heavy atom. The molecular formula is C21H18ClN3O2. The average Bonchev–Trinajstić information content (AvgIpc) is 3.12. The molecule has 0 bridgehead atoms. The van der Waals surface area contributed by atoms with Gasteiger partial charge in [-0.25, -0.2) is 4.98 Å². The smallest absolute Gasteiger partial charge is 0.274 e. The minimum Gasteiger partial charge on any atom is -0.495 e. The van der Waals surface area contributed by atoms with E-state index in [-0.39, 0.29) is 5.91 Å². The molecule has 0 aliphatic carbocycles. The molecule has 5 nitrogen and oxygen atoms in total. The van der Waals surface area contributed by atoms with Gasteiger partial charge in [0.25, 0.3) is 5.91 Å². The number of ether oxygens (including phenoxy) is 1. The van der Waals surface area contributed by atoms with Crippen LogP contribution in [0.15, 0.2) is 60.8 Å². The van der Waals surface area contributed by atoms with Gasteiger partial charge in [0, 0.05) is 17.3 Å². The van der Waals surface area contributed by atoms with Gasteiger partial charge >= 0.3 is 0 Å². The molecule has 1 amide bonds. The number of halogens is 1. The molecule has 136 valence electrons. The lowest BCUT2D eigenvalue weighted by atomic mass is 10.2. The number of benzene rings is 2. The van der Waals surface area contributed by atoms with Crippen molar-refractivity contribution in [1.82, 2.24) is 4.98 Å². The Balaban J connectivity index is 1.53. The Kier molecular flexibility index (Phi) is 4.69. The van der Waals surface area contributed by atoms with Crippen LogP contribution in [0.4, 0.5) is 17.1 Å². The third-order valence-electron chi connectivity index (χ3n) is 4.59. The van der Waals surface area contributed by atoms with Gasteiger partial charge in [-0.05, 0) is 48.4 Å². The Bertz CT molecular complexity index is 989. The summed E-state index contributed by atoms with van der Waals surface area (Å²) in [6, 6.07) is 17.0. The molecule has 0 fully saturated rings. The van der Waals surface area contributed by atoms with Crippen LogP contribution in [0.1, 0.15) is 16.1 Å². The van der Waals surface area contributed by atoms with Gasteiger partial charge in [0.2, 0.25) is 0 Å². The number of pyridine rings is 1. The first-order valence-electron chi connectivity index (χ1n) is 8.62. The fourth-order valence-corrected chi connectivity index (χ4v) is 3.42. The maximum atomic E-state index is 12.5. The lowest BCUT2D eigenvalue weighted by Crippen LogP contribution is -2.16. The zero-order valence-electron chi connectivity index (χ0n) is 14.8. The zero-order valence-corrected chi connectivity index (χ0v) is 15.5. The van der Waals surface area contributed by atoms with Crippen LogP contribution in [-0.2, 0) is 6.42 Å². The third-order valence-corrected chi connectivity index (χ3v) is 4.82. The lowest BCUT2D eigenvalue weighted by molar-refractivity contribution is 0.102. The van der Waals surface area contributed by atoms with Gasteiger partial charge in [-0.15, -0.1) is 0 Å². The van der Waals surface area contributed by atoms with Crippen molar-refractivity contribution >= 4 is 34.6 Å². The minimum absolute atomic E-state index is 0.316. The van der Waals surface area contributed by atoms with Crippen molar-refractivity contribution in [1.29, 1.82) is 0 Å². The van der Waals surface area contributed by atoms with Crippen LogP contribution in [0.25, 0.3) is 0 Å². The molecule has 0 saturated heterocycles. The summed E-state index contributed by atoms with van der Waals surface area (Å²) in [4.78, 5) is 19.1. The average molecular weight is 380 g/mol. The van der Waals surface area contributed by atoms with Gasteiger partial charge in [-0.2, -0.15) is 0 Å². The van der Waals surface area contributed by atoms with Gasteiger partial charge in [0.15, 0.2) is 0 Å². The standard InChI is InChI=1S/C21H18ClN3O2/c1-27-20-9-6-15(22)12-18(20)24-21(26)17-8-7-16(13-23-17)25-11-10-14-4-2-3-5-19(14)25/h2-9,12-13H,10-11H2,1H3,(H,24,26). The molecule has 0 unspecified atom stereocenters. The number of hydrogen-bond donors (Lipinski definition) is 1. The number of aromatic nitrogens is 1. The number of nitrogens with one attached hydrogen (secondary N) is 1. The monoisotopic (exact) mass is 379 g/mol. The number of amides is 1. The highest BCUT2D eigenvalue weighted by Gasteiger charge is 2.20. The first kappa shape index (κ1) is 17.4. The number of methoxy groups -OCH3 is 1. The molecule has 2 heterocycles. The second kappa shape index (κ2) is 7.29. The molecule has 3 aromatic rings. The minimum atomic E-state index is -0.316. The summed E-state index contributed by atoms with van der Waals surface area (Å²) in [5.41, 5.74) is 4.33. The Morgan fingerprint density at radius 1 is 1.19 bits per heavy atom. The van der Waals surface area contributed by atoms with Crippen molar-refractivity contribution in [3.63, 3.8) is 0 Å². The van der Waals surface area contributed by atoms with E-state index < -0.39 is 0 Å². The topological polar surface area (TPSA) is 54.5 Å². The number of carbonyl (C=O) groups is 1. The van der Waals surface area contributed by atoms with Gasteiger partial charge in [0.05, 0.1) is 24.7 Å². The van der Waals surface area contributed by atoms with Crippen molar-refractivity contribution < 1.29 is 9.53 Å². The molecule has 4 rings (SSSR count). The predicted octanol–water partition coefficient (Wildman–Crippen LogP) is 4.69. The van der Waals surface area contributed by atoms with Crippen molar-refractivity contribution in [2.24, 2.45) is 0 Å². The van der Waals surface area contributed by atoms with Crippen LogP contribution in [0.3, 0.4) is 0 Å². The van der Waals surface area contributed by atoms with Gasteiger partial charge < -0.3 is 15.0 Å². The predicted molar refractivity (Wildman–Crippen MR) is 107 cm³/mol. The Labute approximate surface area is 162 Å². The third kappa shape index (κ3) is 3.46. The van der Waals surface area contributed by atoms with Crippen LogP contribution >= 0.6 is 11.6 Å². The van der Waals surface area contributed by atoms with E-state index in [1.807, 2.05) is 12.1 Å². The van der Waals surface area contributed by atoms with Crippen molar-refractivity contribution in [3.05, 3.63) is 77.1 Å². The number of rotatable bonds is 4. The molecule has 1 N–H and O–H groups in total. The van der Waals surface area contributed by atoms with E-state index in [0.29, 0.717) is 22.2 Å². The zero-order chi connectivity index (χ0) is 18.8. The van der Waals surface area contributed by atoms with Crippen molar-refractivity contribution in [3.8, 4) is 5.75 Å². The fourth-order valence-electron chi connectivity index (χ4n) is 3.25. The molecule has 1 aliphatic rings. The van der Waals surface area contributed by atoms with E-state index in [1.54, 1.807) is 37.6 Å². The molecule has 0 spiro atoms. The Hall–Kier alpha value is -3.05. The molecule has 1 aliphatic heterocycles. The van der Waals surface area contributed by atoms with Crippen LogP contribution in [0.5, 0.6) is 5.75 Å². The van der Waals surface area contributed by atoms with E-state index in [0.717, 1.165) is 18.7 Å². The number of fused-ring (bicyclic) bond motifs is 1. The van der Waals surface area contributed by atoms with Crippen LogP contribution in [0, 0.1) is 0 Å². The summed E-state index contributed by atoms with van der Waals surface area (Å²) in [5.74, 6) is 0.224. The molecule has 27 heavy (non-hydrogen) atoms. The maximum Gasteiger partial charge on any atom is 0.274 e. The molecule has 0 saturated carbocycles. The van der Waals surface area contributed by atoms with Crippen LogP contribution < -0.4 is 15.0 Å². The first-order valence-corrected chi connectivity index (χ1v) is 9.00. The van der Waals surface area contributed by atoms with Crippen LogP contribution in [-0.4, -0.2) is 24.5 Å². The number of anilines is 3. The summed E-state index contributed by atoms with van der Waals surface area (Å²) in [6.45, 7) is 0.909. The summed E-state index contributed by atoms with van der Waals surface area (Å²) in [6.07, 6.45) is 2.74. The molecule has 1 aromatic heterocycles. The number of carbonyl (C=O) groups excluding carboxylic acids is 1. The van der Waals surface area contributed by atoms with E-state index in [1.165, 1.54) is 11.3 Å². The fraction of sp³-hybridized carbons (Fsp3) is 0.143. The number of nitrogens with zero attached hydrogens (tertiary/aromatic N) is 2. The van der Waals surface area contributed by atoms with Gasteiger partial charge in [-0.1, -0.05) is 29.8 Å². The molecule has 6 heteroatoms. The summed E-state index contributed by atoms with van der Waals surface area (Å²) in [5, 5.41) is 3.31. The van der Waals surface area contributed by atoms with Gasteiger partial charge in [-0.3, -0.25) is 4.79 Å². The van der Waals surface area contributed by atoms with E-state index in [4.69, 9.17) is 16.3 Å².